The summed E-state index contributed by atoms with van der Waals surface area (Å²) >= 11 is 6.25. The van der Waals surface area contributed by atoms with Crippen LogP contribution < -0.4 is 5.73 Å². The van der Waals surface area contributed by atoms with Crippen LogP contribution >= 0.6 is 11.6 Å². The third-order valence-electron chi connectivity index (χ3n) is 3.82. The van der Waals surface area contributed by atoms with Gasteiger partial charge in [-0.3, -0.25) is 9.69 Å². The first-order valence-corrected chi connectivity index (χ1v) is 7.10. The molecule has 5 heteroatoms. The van der Waals surface area contributed by atoms with E-state index in [9.17, 15) is 4.79 Å². The zero-order chi connectivity index (χ0) is 14.1. The summed E-state index contributed by atoms with van der Waals surface area (Å²) in [5.41, 5.74) is 7.27. The quantitative estimate of drug-likeness (QED) is 0.882. The molecule has 1 unspecified atom stereocenters. The number of aromatic nitrogens is 1. The van der Waals surface area contributed by atoms with Crippen molar-refractivity contribution in [3.05, 3.63) is 41.0 Å². The Kier molecular flexibility index (Phi) is 3.59. The minimum atomic E-state index is -0.257. The number of pyridine rings is 1. The lowest BCUT2D eigenvalue weighted by Gasteiger charge is -2.22. The molecule has 2 N–H and O–H groups in total. The van der Waals surface area contributed by atoms with Gasteiger partial charge in [-0.25, -0.2) is 4.98 Å². The van der Waals surface area contributed by atoms with Gasteiger partial charge in [0.25, 0.3) is 0 Å². The van der Waals surface area contributed by atoms with Crippen molar-refractivity contribution in [2.24, 2.45) is 5.73 Å². The molecule has 4 nitrogen and oxygen atoms in total. The second kappa shape index (κ2) is 5.38. The number of rotatable bonds is 3. The van der Waals surface area contributed by atoms with E-state index in [1.54, 1.807) is 0 Å². The maximum absolute atomic E-state index is 11.4. The average molecular weight is 290 g/mol. The van der Waals surface area contributed by atoms with Crippen LogP contribution in [0.3, 0.4) is 0 Å². The predicted molar refractivity (Wildman–Crippen MR) is 79.4 cm³/mol. The van der Waals surface area contributed by atoms with Crippen molar-refractivity contribution in [2.75, 3.05) is 6.54 Å². The number of benzene rings is 1. The number of nitrogens with zero attached hydrogens (tertiary/aromatic N) is 2. The van der Waals surface area contributed by atoms with Crippen molar-refractivity contribution < 1.29 is 4.79 Å². The van der Waals surface area contributed by atoms with Gasteiger partial charge < -0.3 is 5.73 Å². The number of hydrogen-bond acceptors (Lipinski definition) is 3. The lowest BCUT2D eigenvalue weighted by Crippen LogP contribution is -2.39. The monoisotopic (exact) mass is 289 g/mol. The summed E-state index contributed by atoms with van der Waals surface area (Å²) in [6.45, 7) is 1.49. The molecule has 2 aromatic rings. The molecular formula is C15H16ClN3O. The van der Waals surface area contributed by atoms with Crippen LogP contribution in [0.25, 0.3) is 10.9 Å². The van der Waals surface area contributed by atoms with Gasteiger partial charge in [0, 0.05) is 17.5 Å². The number of hydrogen-bond donors (Lipinski definition) is 1. The Morgan fingerprint density at radius 2 is 2.25 bits per heavy atom. The Morgan fingerprint density at radius 1 is 1.45 bits per heavy atom. The number of halogens is 1. The van der Waals surface area contributed by atoms with Gasteiger partial charge in [-0.05, 0) is 31.5 Å². The number of likely N-dealkylation sites (tertiary alicyclic amines) is 1. The summed E-state index contributed by atoms with van der Waals surface area (Å²) in [6, 6.07) is 9.72. The molecule has 0 bridgehead atoms. The topological polar surface area (TPSA) is 59.2 Å². The number of amides is 1. The van der Waals surface area contributed by atoms with Crippen molar-refractivity contribution in [3.8, 4) is 0 Å². The molecule has 0 aliphatic carbocycles. The second-order valence-electron chi connectivity index (χ2n) is 5.16. The van der Waals surface area contributed by atoms with E-state index in [1.807, 2.05) is 30.3 Å². The molecule has 1 fully saturated rings. The van der Waals surface area contributed by atoms with Gasteiger partial charge in [0.05, 0.1) is 11.6 Å². The van der Waals surface area contributed by atoms with Crippen LogP contribution in [-0.2, 0) is 11.3 Å². The highest BCUT2D eigenvalue weighted by Crippen LogP contribution is 2.25. The van der Waals surface area contributed by atoms with Gasteiger partial charge in [0.2, 0.25) is 5.91 Å². The Bertz CT molecular complexity index is 659. The molecule has 1 aromatic carbocycles. The van der Waals surface area contributed by atoms with E-state index in [-0.39, 0.29) is 11.9 Å². The predicted octanol–water partition coefficient (Wildman–Crippen LogP) is 2.34. The van der Waals surface area contributed by atoms with E-state index in [2.05, 4.69) is 9.88 Å². The Hall–Kier alpha value is -1.65. The summed E-state index contributed by atoms with van der Waals surface area (Å²) in [6.07, 6.45) is 1.82. The average Bonchev–Trinajstić information content (AvgIpc) is 2.88. The Morgan fingerprint density at radius 3 is 3.05 bits per heavy atom. The van der Waals surface area contributed by atoms with Crippen LogP contribution in [0.2, 0.25) is 5.15 Å². The fourth-order valence-electron chi connectivity index (χ4n) is 2.80. The van der Waals surface area contributed by atoms with Crippen molar-refractivity contribution in [1.82, 2.24) is 9.88 Å². The molecule has 2 heterocycles. The van der Waals surface area contributed by atoms with E-state index in [1.165, 1.54) is 0 Å². The van der Waals surface area contributed by atoms with Gasteiger partial charge in [-0.1, -0.05) is 29.8 Å². The largest absolute Gasteiger partial charge is 0.368 e. The zero-order valence-corrected chi connectivity index (χ0v) is 11.8. The molecule has 104 valence electrons. The maximum atomic E-state index is 11.4. The minimum absolute atomic E-state index is 0.183. The van der Waals surface area contributed by atoms with Crippen LogP contribution in [0.5, 0.6) is 0 Å². The van der Waals surface area contributed by atoms with Gasteiger partial charge in [-0.2, -0.15) is 0 Å². The van der Waals surface area contributed by atoms with E-state index >= 15 is 0 Å². The lowest BCUT2D eigenvalue weighted by molar-refractivity contribution is -0.122. The molecule has 1 atom stereocenters. The van der Waals surface area contributed by atoms with E-state index in [0.29, 0.717) is 11.7 Å². The fourth-order valence-corrected chi connectivity index (χ4v) is 3.01. The van der Waals surface area contributed by atoms with Gasteiger partial charge in [0.1, 0.15) is 5.15 Å². The van der Waals surface area contributed by atoms with Crippen molar-refractivity contribution >= 4 is 28.4 Å². The number of fused-ring (bicyclic) bond motifs is 1. The molecule has 1 aliphatic rings. The summed E-state index contributed by atoms with van der Waals surface area (Å²) in [5, 5.41) is 1.56. The fraction of sp³-hybridized carbons (Fsp3) is 0.333. The van der Waals surface area contributed by atoms with Gasteiger partial charge in [0.15, 0.2) is 0 Å². The van der Waals surface area contributed by atoms with Crippen LogP contribution in [0, 0.1) is 0 Å². The van der Waals surface area contributed by atoms with Crippen molar-refractivity contribution in [1.29, 1.82) is 0 Å². The molecule has 0 saturated carbocycles. The molecule has 1 saturated heterocycles. The van der Waals surface area contributed by atoms with Crippen LogP contribution in [-0.4, -0.2) is 28.4 Å². The summed E-state index contributed by atoms with van der Waals surface area (Å²) in [5.74, 6) is -0.257. The lowest BCUT2D eigenvalue weighted by atomic mass is 10.1. The molecule has 3 rings (SSSR count). The third-order valence-corrected chi connectivity index (χ3v) is 4.14. The van der Waals surface area contributed by atoms with Crippen LogP contribution in [0.1, 0.15) is 18.4 Å². The molecule has 1 aromatic heterocycles. The Labute approximate surface area is 122 Å². The van der Waals surface area contributed by atoms with Crippen LogP contribution in [0.15, 0.2) is 30.3 Å². The van der Waals surface area contributed by atoms with Gasteiger partial charge in [-0.15, -0.1) is 0 Å². The van der Waals surface area contributed by atoms with Crippen LogP contribution in [0.4, 0.5) is 0 Å². The first kappa shape index (κ1) is 13.3. The normalized spacial score (nSPS) is 19.6. The minimum Gasteiger partial charge on any atom is -0.368 e. The highest BCUT2D eigenvalue weighted by atomic mass is 35.5. The third kappa shape index (κ3) is 2.49. The second-order valence-corrected chi connectivity index (χ2v) is 5.52. The molecular weight excluding hydrogens is 274 g/mol. The number of nitrogens with two attached hydrogens (primary N) is 1. The maximum Gasteiger partial charge on any atom is 0.234 e. The molecule has 1 aliphatic heterocycles. The van der Waals surface area contributed by atoms with E-state index < -0.39 is 0 Å². The number of carbonyl (C=O) groups is 1. The molecule has 0 spiro atoms. The van der Waals surface area contributed by atoms with Gasteiger partial charge >= 0.3 is 0 Å². The van der Waals surface area contributed by atoms with E-state index in [4.69, 9.17) is 17.3 Å². The summed E-state index contributed by atoms with van der Waals surface area (Å²) in [4.78, 5) is 17.9. The molecule has 1 amide bonds. The number of para-hydroxylation sites is 1. The number of carbonyl (C=O) groups excluding carboxylic acids is 1. The summed E-state index contributed by atoms with van der Waals surface area (Å²) < 4.78 is 0. The summed E-state index contributed by atoms with van der Waals surface area (Å²) in [7, 11) is 0. The number of primary amides is 1. The van der Waals surface area contributed by atoms with Crippen molar-refractivity contribution in [2.45, 2.75) is 25.4 Å². The van der Waals surface area contributed by atoms with E-state index in [0.717, 1.165) is 35.9 Å². The molecule has 0 radical (unpaired) electrons. The Balaban J connectivity index is 1.90. The highest BCUT2D eigenvalue weighted by Gasteiger charge is 2.29. The zero-order valence-electron chi connectivity index (χ0n) is 11.1. The highest BCUT2D eigenvalue weighted by molar-refractivity contribution is 6.30. The van der Waals surface area contributed by atoms with Crippen molar-refractivity contribution in [3.63, 3.8) is 0 Å². The molecule has 20 heavy (non-hydrogen) atoms. The smallest absolute Gasteiger partial charge is 0.234 e. The SMILES string of the molecule is NC(=O)C1CCCN1Cc1cc2ccccc2nc1Cl. The first-order chi connectivity index (χ1) is 9.65. The first-order valence-electron chi connectivity index (χ1n) is 6.72. The standard InChI is InChI=1S/C15H16ClN3O/c16-14-11(8-10-4-1-2-5-12(10)18-14)9-19-7-3-6-13(19)15(17)20/h1-2,4-5,8,13H,3,6-7,9H2,(H2,17,20).